The van der Waals surface area contributed by atoms with Gasteiger partial charge in [0, 0.05) is 44.3 Å². The number of hydrogen-bond donors (Lipinski definition) is 0. The number of carbonyl (C=O) groups excluding carboxylic acids is 1. The van der Waals surface area contributed by atoms with E-state index in [0.29, 0.717) is 23.6 Å². The summed E-state index contributed by atoms with van der Waals surface area (Å²) in [4.78, 5) is 17.3. The van der Waals surface area contributed by atoms with E-state index in [1.165, 1.54) is 5.56 Å². The van der Waals surface area contributed by atoms with Crippen LogP contribution in [0.5, 0.6) is 5.75 Å². The fraction of sp³-hybridized carbons (Fsp3) is 0.500. The fourth-order valence-corrected chi connectivity index (χ4v) is 4.55. The van der Waals surface area contributed by atoms with Crippen molar-refractivity contribution in [2.24, 2.45) is 18.9 Å². The molecule has 0 saturated carbocycles. The number of fused-ring (bicyclic) bond motifs is 1. The van der Waals surface area contributed by atoms with Gasteiger partial charge < -0.3 is 9.64 Å². The molecule has 0 radical (unpaired) electrons. The summed E-state index contributed by atoms with van der Waals surface area (Å²) < 4.78 is 7.04. The summed E-state index contributed by atoms with van der Waals surface area (Å²) in [5.41, 5.74) is 2.85. The van der Waals surface area contributed by atoms with Crippen LogP contribution in [0.15, 0.2) is 30.3 Å². The van der Waals surface area contributed by atoms with Gasteiger partial charge in [-0.15, -0.1) is 0 Å². The molecule has 4 rings (SSSR count). The van der Waals surface area contributed by atoms with Gasteiger partial charge >= 0.3 is 0 Å². The smallest absolute Gasteiger partial charge is 0.274 e. The van der Waals surface area contributed by atoms with Crippen molar-refractivity contribution in [3.05, 3.63) is 47.3 Å². The van der Waals surface area contributed by atoms with Gasteiger partial charge in [0.05, 0.1) is 7.11 Å². The van der Waals surface area contributed by atoms with Crippen LogP contribution in [0.2, 0.25) is 0 Å². The molecule has 3 heterocycles. The molecule has 3 atom stereocenters. The Balaban J connectivity index is 1.53. The second-order valence-electron chi connectivity index (χ2n) is 7.59. The Kier molecular flexibility index (Phi) is 4.23. The molecule has 0 unspecified atom stereocenters. The minimum absolute atomic E-state index is 0.0548. The molecular weight excluding hydrogens is 328 g/mol. The zero-order valence-electron chi connectivity index (χ0n) is 15.8. The van der Waals surface area contributed by atoms with Crippen molar-refractivity contribution in [3.8, 4) is 5.75 Å². The molecule has 2 aliphatic rings. The van der Waals surface area contributed by atoms with Crippen molar-refractivity contribution in [3.63, 3.8) is 0 Å². The first-order chi connectivity index (χ1) is 12.5. The number of aryl methyl sites for hydroxylation is 2. The maximum atomic E-state index is 12.9. The number of likely N-dealkylation sites (tertiary alicyclic amines) is 2. The Bertz CT molecular complexity index is 794. The number of carbonyl (C=O) groups is 1. The van der Waals surface area contributed by atoms with Crippen molar-refractivity contribution >= 4 is 5.91 Å². The van der Waals surface area contributed by atoms with Crippen molar-refractivity contribution < 1.29 is 9.53 Å². The Morgan fingerprint density at radius 1 is 1.15 bits per heavy atom. The van der Waals surface area contributed by atoms with Gasteiger partial charge in [-0.25, -0.2) is 0 Å². The topological polar surface area (TPSA) is 50.6 Å². The molecular formula is C20H26N4O2. The van der Waals surface area contributed by atoms with Gasteiger partial charge in [-0.1, -0.05) is 12.1 Å². The molecule has 6 heteroatoms. The van der Waals surface area contributed by atoms with Gasteiger partial charge in [0.25, 0.3) is 5.91 Å². The number of ether oxygens (including phenoxy) is 1. The lowest BCUT2D eigenvalue weighted by Gasteiger charge is -2.26. The average molecular weight is 354 g/mol. The van der Waals surface area contributed by atoms with Crippen LogP contribution in [-0.2, 0) is 7.05 Å². The average Bonchev–Trinajstić information content (AvgIpc) is 3.27. The zero-order valence-corrected chi connectivity index (χ0v) is 15.8. The van der Waals surface area contributed by atoms with E-state index < -0.39 is 0 Å². The molecule has 1 aromatic heterocycles. The summed E-state index contributed by atoms with van der Waals surface area (Å²) in [6.45, 7) is 4.60. The lowest BCUT2D eigenvalue weighted by molar-refractivity contribution is 0.0761. The minimum atomic E-state index is 0.0548. The van der Waals surface area contributed by atoms with Crippen LogP contribution in [0.25, 0.3) is 0 Å². The standard InChI is InChI=1S/C20H26N4O2/c1-13-9-18(21-23(13)3)20(25)24-11-15-10-22(2)19(17(15)12-24)14-5-7-16(26-4)8-6-14/h5-9,15,17,19H,10-12H2,1-4H3/t15-,17+,19+/m0/s1. The monoisotopic (exact) mass is 354 g/mol. The highest BCUT2D eigenvalue weighted by Crippen LogP contribution is 2.44. The Hall–Kier alpha value is -2.34. The maximum Gasteiger partial charge on any atom is 0.274 e. The minimum Gasteiger partial charge on any atom is -0.497 e. The molecule has 0 N–H and O–H groups in total. The lowest BCUT2D eigenvalue weighted by atomic mass is 9.89. The molecule has 1 aromatic carbocycles. The highest BCUT2D eigenvalue weighted by molar-refractivity contribution is 5.92. The third-order valence-electron chi connectivity index (χ3n) is 5.97. The van der Waals surface area contributed by atoms with Crippen LogP contribution in [0.4, 0.5) is 0 Å². The van der Waals surface area contributed by atoms with E-state index in [1.54, 1.807) is 11.8 Å². The molecule has 2 aliphatic heterocycles. The van der Waals surface area contributed by atoms with E-state index in [1.807, 2.05) is 37.1 Å². The third kappa shape index (κ3) is 2.78. The van der Waals surface area contributed by atoms with Crippen molar-refractivity contribution in [1.29, 1.82) is 0 Å². The van der Waals surface area contributed by atoms with E-state index >= 15 is 0 Å². The lowest BCUT2D eigenvalue weighted by Crippen LogP contribution is -2.33. The fourth-order valence-electron chi connectivity index (χ4n) is 4.55. The molecule has 0 spiro atoms. The first-order valence-electron chi connectivity index (χ1n) is 9.12. The SMILES string of the molecule is COc1ccc([C@@H]2[C@@H]3CN(C(=O)c4cc(C)n(C)n4)C[C@@H]3CN2C)cc1. The first-order valence-corrected chi connectivity index (χ1v) is 9.12. The zero-order chi connectivity index (χ0) is 18.4. The van der Waals surface area contributed by atoms with Gasteiger partial charge in [0.2, 0.25) is 0 Å². The molecule has 2 aromatic rings. The third-order valence-corrected chi connectivity index (χ3v) is 5.97. The predicted molar refractivity (Wildman–Crippen MR) is 99.2 cm³/mol. The summed E-state index contributed by atoms with van der Waals surface area (Å²) in [6.07, 6.45) is 0. The van der Waals surface area contributed by atoms with Gasteiger partial charge in [0.15, 0.2) is 5.69 Å². The van der Waals surface area contributed by atoms with Gasteiger partial charge in [-0.3, -0.25) is 14.4 Å². The predicted octanol–water partition coefficient (Wildman–Crippen LogP) is 2.11. The second kappa shape index (κ2) is 6.43. The molecule has 1 amide bonds. The second-order valence-corrected chi connectivity index (χ2v) is 7.59. The van der Waals surface area contributed by atoms with Crippen molar-refractivity contribution in [2.75, 3.05) is 33.8 Å². The van der Waals surface area contributed by atoms with E-state index in [4.69, 9.17) is 4.74 Å². The van der Waals surface area contributed by atoms with Crippen LogP contribution in [-0.4, -0.2) is 59.3 Å². The molecule has 138 valence electrons. The molecule has 26 heavy (non-hydrogen) atoms. The highest BCUT2D eigenvalue weighted by atomic mass is 16.5. The van der Waals surface area contributed by atoms with Gasteiger partial charge in [-0.2, -0.15) is 5.10 Å². The van der Waals surface area contributed by atoms with Gasteiger partial charge in [-0.05, 0) is 43.7 Å². The van der Waals surface area contributed by atoms with Crippen LogP contribution < -0.4 is 4.74 Å². The summed E-state index contributed by atoms with van der Waals surface area (Å²) in [5, 5.41) is 4.36. The normalized spacial score (nSPS) is 25.5. The van der Waals surface area contributed by atoms with E-state index in [9.17, 15) is 4.79 Å². The molecule has 0 aliphatic carbocycles. The summed E-state index contributed by atoms with van der Waals surface area (Å²) in [6, 6.07) is 10.6. The number of amides is 1. The van der Waals surface area contributed by atoms with Gasteiger partial charge in [0.1, 0.15) is 5.75 Å². The summed E-state index contributed by atoms with van der Waals surface area (Å²) in [5.74, 6) is 1.90. The number of aromatic nitrogens is 2. The summed E-state index contributed by atoms with van der Waals surface area (Å²) >= 11 is 0. The van der Waals surface area contributed by atoms with Crippen LogP contribution in [0.1, 0.15) is 27.8 Å². The molecule has 6 nitrogen and oxygen atoms in total. The van der Waals surface area contributed by atoms with Crippen molar-refractivity contribution in [1.82, 2.24) is 19.6 Å². The Morgan fingerprint density at radius 2 is 1.88 bits per heavy atom. The first kappa shape index (κ1) is 17.1. The Labute approximate surface area is 154 Å². The van der Waals surface area contributed by atoms with Crippen LogP contribution in [0.3, 0.4) is 0 Å². The number of benzene rings is 1. The Morgan fingerprint density at radius 3 is 2.50 bits per heavy atom. The largest absolute Gasteiger partial charge is 0.497 e. The molecule has 2 saturated heterocycles. The van der Waals surface area contributed by atoms with E-state index in [-0.39, 0.29) is 5.91 Å². The molecule has 0 bridgehead atoms. The molecule has 2 fully saturated rings. The number of hydrogen-bond acceptors (Lipinski definition) is 4. The maximum absolute atomic E-state index is 12.9. The number of nitrogens with zero attached hydrogens (tertiary/aromatic N) is 4. The quantitative estimate of drug-likeness (QED) is 0.847. The van der Waals surface area contributed by atoms with Crippen LogP contribution in [0, 0.1) is 18.8 Å². The highest BCUT2D eigenvalue weighted by Gasteiger charge is 2.47. The van der Waals surface area contributed by atoms with Crippen LogP contribution >= 0.6 is 0 Å². The van der Waals surface area contributed by atoms with Crippen molar-refractivity contribution in [2.45, 2.75) is 13.0 Å². The van der Waals surface area contributed by atoms with E-state index in [2.05, 4.69) is 29.2 Å². The summed E-state index contributed by atoms with van der Waals surface area (Å²) in [7, 11) is 5.74. The van der Waals surface area contributed by atoms with E-state index in [0.717, 1.165) is 31.1 Å². The number of methoxy groups -OCH3 is 1. The number of rotatable bonds is 3.